The van der Waals surface area contributed by atoms with Crippen molar-refractivity contribution in [2.45, 2.75) is 17.9 Å². The SMILES string of the molecule is CSc1ccccc1-c1cccc2cc3n(c12)CCNCC3. The molecule has 112 valence electrons. The number of thioether (sulfide) groups is 1. The van der Waals surface area contributed by atoms with Crippen LogP contribution in [0.4, 0.5) is 0 Å². The van der Waals surface area contributed by atoms with Crippen molar-refractivity contribution in [3.8, 4) is 11.1 Å². The van der Waals surface area contributed by atoms with Crippen LogP contribution in [0.15, 0.2) is 53.4 Å². The van der Waals surface area contributed by atoms with Crippen molar-refractivity contribution in [3.63, 3.8) is 0 Å². The Morgan fingerprint density at radius 2 is 1.86 bits per heavy atom. The van der Waals surface area contributed by atoms with Gasteiger partial charge in [0.1, 0.15) is 0 Å². The van der Waals surface area contributed by atoms with E-state index in [1.165, 1.54) is 32.6 Å². The van der Waals surface area contributed by atoms with Crippen molar-refractivity contribution in [3.05, 3.63) is 54.2 Å². The summed E-state index contributed by atoms with van der Waals surface area (Å²) in [5.41, 5.74) is 5.55. The van der Waals surface area contributed by atoms with E-state index in [9.17, 15) is 0 Å². The van der Waals surface area contributed by atoms with Crippen molar-refractivity contribution in [1.82, 2.24) is 9.88 Å². The Morgan fingerprint density at radius 3 is 2.77 bits per heavy atom. The Morgan fingerprint density at radius 1 is 1.00 bits per heavy atom. The lowest BCUT2D eigenvalue weighted by molar-refractivity contribution is 0.658. The molecule has 0 atom stereocenters. The Balaban J connectivity index is 2.00. The first-order chi connectivity index (χ1) is 10.9. The minimum atomic E-state index is 1.05. The van der Waals surface area contributed by atoms with Gasteiger partial charge in [0.05, 0.1) is 5.52 Å². The predicted molar refractivity (Wildman–Crippen MR) is 95.7 cm³/mol. The Bertz CT molecular complexity index is 819. The molecule has 2 heterocycles. The first kappa shape index (κ1) is 13.9. The summed E-state index contributed by atoms with van der Waals surface area (Å²) in [5.74, 6) is 0. The molecular formula is C19H20N2S. The number of hydrogen-bond acceptors (Lipinski definition) is 2. The minimum Gasteiger partial charge on any atom is -0.343 e. The summed E-state index contributed by atoms with van der Waals surface area (Å²) < 4.78 is 2.52. The number of benzene rings is 2. The molecule has 3 aromatic rings. The van der Waals surface area contributed by atoms with Crippen molar-refractivity contribution in [2.24, 2.45) is 0 Å². The van der Waals surface area contributed by atoms with Crippen LogP contribution in [0.5, 0.6) is 0 Å². The summed E-state index contributed by atoms with van der Waals surface area (Å²) in [6, 6.07) is 17.8. The summed E-state index contributed by atoms with van der Waals surface area (Å²) >= 11 is 1.82. The van der Waals surface area contributed by atoms with Gasteiger partial charge in [-0.1, -0.05) is 36.4 Å². The zero-order chi connectivity index (χ0) is 14.9. The molecular weight excluding hydrogens is 288 g/mol. The average molecular weight is 308 g/mol. The molecule has 1 aliphatic rings. The second-order valence-electron chi connectivity index (χ2n) is 5.73. The van der Waals surface area contributed by atoms with Crippen molar-refractivity contribution >= 4 is 22.7 Å². The van der Waals surface area contributed by atoms with E-state index >= 15 is 0 Å². The maximum atomic E-state index is 3.50. The van der Waals surface area contributed by atoms with Crippen LogP contribution in [-0.2, 0) is 13.0 Å². The number of para-hydroxylation sites is 1. The Hall–Kier alpha value is -1.71. The van der Waals surface area contributed by atoms with Gasteiger partial charge < -0.3 is 9.88 Å². The van der Waals surface area contributed by atoms with Crippen molar-refractivity contribution in [1.29, 1.82) is 0 Å². The third-order valence-electron chi connectivity index (χ3n) is 4.47. The fraction of sp³-hybridized carbons (Fsp3) is 0.263. The maximum Gasteiger partial charge on any atom is 0.0563 e. The highest BCUT2D eigenvalue weighted by Crippen LogP contribution is 2.36. The molecule has 4 rings (SSSR count). The van der Waals surface area contributed by atoms with E-state index in [-0.39, 0.29) is 0 Å². The predicted octanol–water partition coefficient (Wildman–Crippen LogP) is 4.18. The second kappa shape index (κ2) is 5.82. The summed E-state index contributed by atoms with van der Waals surface area (Å²) in [6.45, 7) is 3.18. The number of hydrogen-bond donors (Lipinski definition) is 1. The van der Waals surface area contributed by atoms with Crippen molar-refractivity contribution < 1.29 is 0 Å². The first-order valence-electron chi connectivity index (χ1n) is 7.84. The zero-order valence-electron chi connectivity index (χ0n) is 12.8. The molecule has 0 fully saturated rings. The molecule has 0 aliphatic carbocycles. The van der Waals surface area contributed by atoms with Crippen molar-refractivity contribution in [2.75, 3.05) is 19.3 Å². The molecule has 1 aromatic heterocycles. The highest BCUT2D eigenvalue weighted by molar-refractivity contribution is 7.98. The van der Waals surface area contributed by atoms with Crippen LogP contribution in [0.2, 0.25) is 0 Å². The van der Waals surface area contributed by atoms with Crippen LogP contribution in [0, 0.1) is 0 Å². The molecule has 0 spiro atoms. The molecule has 1 aliphatic heterocycles. The standard InChI is InChI=1S/C19H20N2S/c1-22-18-8-3-2-6-16(18)17-7-4-5-14-13-15-9-10-20-11-12-21(15)19(14)17/h2-8,13,20H,9-12H2,1H3. The maximum absolute atomic E-state index is 3.50. The topological polar surface area (TPSA) is 17.0 Å². The van der Waals surface area contributed by atoms with Gasteiger partial charge in [-0.3, -0.25) is 0 Å². The van der Waals surface area contributed by atoms with Crippen LogP contribution in [0.1, 0.15) is 5.69 Å². The first-order valence-corrected chi connectivity index (χ1v) is 9.06. The number of rotatable bonds is 2. The van der Waals surface area contributed by atoms with E-state index in [0.717, 1.165) is 26.1 Å². The highest BCUT2D eigenvalue weighted by Gasteiger charge is 2.16. The molecule has 0 saturated carbocycles. The lowest BCUT2D eigenvalue weighted by Crippen LogP contribution is -2.17. The van der Waals surface area contributed by atoms with Crippen LogP contribution >= 0.6 is 11.8 Å². The smallest absolute Gasteiger partial charge is 0.0563 e. The van der Waals surface area contributed by atoms with Gasteiger partial charge in [0.2, 0.25) is 0 Å². The Kier molecular flexibility index (Phi) is 3.68. The summed E-state index contributed by atoms with van der Waals surface area (Å²) in [5, 5.41) is 4.87. The van der Waals surface area contributed by atoms with E-state index in [1.54, 1.807) is 0 Å². The van der Waals surface area contributed by atoms with E-state index in [2.05, 4.69) is 64.7 Å². The van der Waals surface area contributed by atoms with Crippen LogP contribution in [-0.4, -0.2) is 23.9 Å². The van der Waals surface area contributed by atoms with Gasteiger partial charge in [-0.2, -0.15) is 0 Å². The number of nitrogens with one attached hydrogen (secondary N) is 1. The zero-order valence-corrected chi connectivity index (χ0v) is 13.6. The van der Waals surface area contributed by atoms with Gasteiger partial charge in [-0.15, -0.1) is 11.8 Å². The molecule has 22 heavy (non-hydrogen) atoms. The molecule has 0 unspecified atom stereocenters. The third-order valence-corrected chi connectivity index (χ3v) is 5.27. The monoisotopic (exact) mass is 308 g/mol. The fourth-order valence-corrected chi connectivity index (χ4v) is 4.07. The van der Waals surface area contributed by atoms with Crippen LogP contribution < -0.4 is 5.32 Å². The molecule has 0 bridgehead atoms. The fourth-order valence-electron chi connectivity index (χ4n) is 3.46. The van der Waals surface area contributed by atoms with Gasteiger partial charge in [0.15, 0.2) is 0 Å². The average Bonchev–Trinajstić information content (AvgIpc) is 2.76. The molecule has 1 N–H and O–H groups in total. The molecule has 0 radical (unpaired) electrons. The highest BCUT2D eigenvalue weighted by atomic mass is 32.2. The number of nitrogens with zero attached hydrogens (tertiary/aromatic N) is 1. The lowest BCUT2D eigenvalue weighted by atomic mass is 10.0. The van der Waals surface area contributed by atoms with Crippen LogP contribution in [0.25, 0.3) is 22.0 Å². The van der Waals surface area contributed by atoms with Gasteiger partial charge in [0.25, 0.3) is 0 Å². The van der Waals surface area contributed by atoms with Gasteiger partial charge in [-0.25, -0.2) is 0 Å². The molecule has 2 nitrogen and oxygen atoms in total. The minimum absolute atomic E-state index is 1.05. The lowest BCUT2D eigenvalue weighted by Gasteiger charge is -2.13. The molecule has 3 heteroatoms. The van der Waals surface area contributed by atoms with Gasteiger partial charge in [0, 0.05) is 47.6 Å². The summed E-state index contributed by atoms with van der Waals surface area (Å²) in [4.78, 5) is 1.34. The summed E-state index contributed by atoms with van der Waals surface area (Å²) in [7, 11) is 0. The Labute approximate surface area is 135 Å². The van der Waals surface area contributed by atoms with E-state index < -0.39 is 0 Å². The van der Waals surface area contributed by atoms with Crippen LogP contribution in [0.3, 0.4) is 0 Å². The third kappa shape index (κ3) is 2.25. The summed E-state index contributed by atoms with van der Waals surface area (Å²) in [6.07, 6.45) is 3.26. The number of fused-ring (bicyclic) bond motifs is 3. The van der Waals surface area contributed by atoms with E-state index in [0.29, 0.717) is 0 Å². The quantitative estimate of drug-likeness (QED) is 0.715. The second-order valence-corrected chi connectivity index (χ2v) is 6.58. The van der Waals surface area contributed by atoms with Gasteiger partial charge in [-0.05, 0) is 24.0 Å². The molecule has 0 amide bonds. The molecule has 2 aromatic carbocycles. The number of aromatic nitrogens is 1. The normalized spacial score (nSPS) is 14.8. The van der Waals surface area contributed by atoms with E-state index in [1.807, 2.05) is 11.8 Å². The largest absolute Gasteiger partial charge is 0.343 e. The van der Waals surface area contributed by atoms with Gasteiger partial charge >= 0.3 is 0 Å². The molecule has 0 saturated heterocycles. The van der Waals surface area contributed by atoms with E-state index in [4.69, 9.17) is 0 Å².